The molecule has 1 aliphatic heterocycles. The highest BCUT2D eigenvalue weighted by atomic mass is 31.2. The quantitative estimate of drug-likeness (QED) is 0.243. The third-order valence-electron chi connectivity index (χ3n) is 0.470. The largest absolute Gasteiger partial charge is 0.486 e. The number of rotatable bonds is 3. The Morgan fingerprint density at radius 2 is 2.43 bits per heavy atom. The van der Waals surface area contributed by atoms with Crippen molar-refractivity contribution >= 4 is 8.60 Å². The van der Waals surface area contributed by atoms with Crippen molar-refractivity contribution < 1.29 is 13.9 Å². The fourth-order valence-electron chi connectivity index (χ4n) is 0.192. The standard InChI is InChI=1S/C3H6O3P/c1-2-3-4-7-5-6-7/h2,7H,1,3H2/q+1. The summed E-state index contributed by atoms with van der Waals surface area (Å²) in [6.45, 7) is 3.96. The van der Waals surface area contributed by atoms with Gasteiger partial charge in [0.2, 0.25) is 0 Å². The van der Waals surface area contributed by atoms with Gasteiger partial charge in [-0.15, -0.1) is 6.58 Å². The molecule has 0 bridgehead atoms. The minimum atomic E-state index is -1.22. The summed E-state index contributed by atoms with van der Waals surface area (Å²) >= 11 is 0. The van der Waals surface area contributed by atoms with Gasteiger partial charge in [-0.1, -0.05) is 6.08 Å². The second-order valence-corrected chi connectivity index (χ2v) is 2.14. The molecule has 0 atom stereocenters. The van der Waals surface area contributed by atoms with Gasteiger partial charge < -0.3 is 0 Å². The Labute approximate surface area is 42.8 Å². The van der Waals surface area contributed by atoms with Crippen molar-refractivity contribution in [3.8, 4) is 0 Å². The number of hydrogen-bond acceptors (Lipinski definition) is 3. The van der Waals surface area contributed by atoms with Crippen molar-refractivity contribution in [3.63, 3.8) is 0 Å². The number of hydrogen-bond donors (Lipinski definition) is 0. The molecule has 1 heterocycles. The van der Waals surface area contributed by atoms with Gasteiger partial charge in [0.05, 0.1) is 0 Å². The Morgan fingerprint density at radius 3 is 2.86 bits per heavy atom. The normalized spacial score (nSPS) is 19.4. The molecule has 0 radical (unpaired) electrons. The topological polar surface area (TPSA) is 34.3 Å². The highest BCUT2D eigenvalue weighted by Crippen LogP contribution is 2.55. The molecule has 1 saturated heterocycles. The van der Waals surface area contributed by atoms with E-state index in [1.165, 1.54) is 0 Å². The van der Waals surface area contributed by atoms with Gasteiger partial charge in [-0.05, 0) is 0 Å². The molecule has 0 aromatic rings. The molecule has 0 spiro atoms. The fourth-order valence-corrected chi connectivity index (χ4v) is 0.678. The van der Waals surface area contributed by atoms with E-state index >= 15 is 0 Å². The van der Waals surface area contributed by atoms with Crippen molar-refractivity contribution in [2.75, 3.05) is 6.61 Å². The summed E-state index contributed by atoms with van der Waals surface area (Å²) in [7, 11) is -1.22. The summed E-state index contributed by atoms with van der Waals surface area (Å²) in [5, 5.41) is 0. The lowest BCUT2D eigenvalue weighted by Gasteiger charge is -1.73. The summed E-state index contributed by atoms with van der Waals surface area (Å²) in [4.78, 5) is 0. The van der Waals surface area contributed by atoms with E-state index in [4.69, 9.17) is 4.52 Å². The van der Waals surface area contributed by atoms with Crippen molar-refractivity contribution in [2.45, 2.75) is 0 Å². The van der Waals surface area contributed by atoms with Gasteiger partial charge in [0.15, 0.2) is 0 Å². The first-order valence-electron chi connectivity index (χ1n) is 1.88. The second kappa shape index (κ2) is 2.38. The summed E-state index contributed by atoms with van der Waals surface area (Å²) in [5.74, 6) is 0. The van der Waals surface area contributed by atoms with E-state index in [1.807, 2.05) is 0 Å². The third kappa shape index (κ3) is 2.00. The predicted molar refractivity (Wildman–Crippen MR) is 26.6 cm³/mol. The fraction of sp³-hybridized carbons (Fsp3) is 0.333. The Bertz CT molecular complexity index is 70.6. The van der Waals surface area contributed by atoms with E-state index in [9.17, 15) is 0 Å². The Kier molecular flexibility index (Phi) is 1.77. The SMILES string of the molecule is C=CCO[PH+]1OO1. The van der Waals surface area contributed by atoms with Gasteiger partial charge in [0, 0.05) is 9.35 Å². The smallest absolute Gasteiger partial charge is 0.171 e. The minimum Gasteiger partial charge on any atom is -0.171 e. The van der Waals surface area contributed by atoms with Gasteiger partial charge >= 0.3 is 8.60 Å². The van der Waals surface area contributed by atoms with E-state index in [1.54, 1.807) is 6.08 Å². The Morgan fingerprint density at radius 1 is 1.71 bits per heavy atom. The second-order valence-electron chi connectivity index (χ2n) is 1.02. The molecule has 1 aliphatic rings. The van der Waals surface area contributed by atoms with Crippen LogP contribution in [0.2, 0.25) is 0 Å². The first-order valence-corrected chi connectivity index (χ1v) is 3.11. The van der Waals surface area contributed by atoms with Crippen LogP contribution in [0.3, 0.4) is 0 Å². The zero-order valence-electron chi connectivity index (χ0n) is 3.72. The lowest BCUT2D eigenvalue weighted by molar-refractivity contribution is 0.0850. The van der Waals surface area contributed by atoms with E-state index in [-0.39, 0.29) is 0 Å². The summed E-state index contributed by atoms with van der Waals surface area (Å²) in [6, 6.07) is 0. The molecule has 0 aromatic heterocycles. The van der Waals surface area contributed by atoms with Crippen LogP contribution >= 0.6 is 8.60 Å². The molecule has 0 aromatic carbocycles. The maximum Gasteiger partial charge on any atom is 0.486 e. The van der Waals surface area contributed by atoms with Crippen LogP contribution in [0.15, 0.2) is 12.7 Å². The Hall–Kier alpha value is 0.0500. The summed E-state index contributed by atoms with van der Waals surface area (Å²) in [5.41, 5.74) is 0. The first-order chi connectivity index (χ1) is 3.43. The van der Waals surface area contributed by atoms with Crippen LogP contribution in [0.25, 0.3) is 0 Å². The van der Waals surface area contributed by atoms with Gasteiger partial charge in [-0.3, -0.25) is 0 Å². The van der Waals surface area contributed by atoms with Crippen LogP contribution in [0.1, 0.15) is 0 Å². The maximum absolute atomic E-state index is 4.84. The van der Waals surface area contributed by atoms with Crippen molar-refractivity contribution in [1.29, 1.82) is 0 Å². The maximum atomic E-state index is 4.84. The van der Waals surface area contributed by atoms with Gasteiger partial charge in [-0.2, -0.15) is 4.52 Å². The molecular formula is C3H6O3P+. The van der Waals surface area contributed by atoms with Gasteiger partial charge in [0.25, 0.3) is 0 Å². The zero-order chi connectivity index (χ0) is 5.11. The first kappa shape index (κ1) is 5.19. The van der Waals surface area contributed by atoms with Crippen LogP contribution in [0, 0.1) is 0 Å². The monoisotopic (exact) mass is 121 g/mol. The molecule has 1 fully saturated rings. The van der Waals surface area contributed by atoms with E-state index in [0.717, 1.165) is 0 Å². The van der Waals surface area contributed by atoms with E-state index in [2.05, 4.69) is 15.9 Å². The van der Waals surface area contributed by atoms with Crippen molar-refractivity contribution in [2.24, 2.45) is 0 Å². The van der Waals surface area contributed by atoms with Crippen molar-refractivity contribution in [3.05, 3.63) is 12.7 Å². The van der Waals surface area contributed by atoms with Gasteiger partial charge in [-0.25, -0.2) is 0 Å². The molecule has 1 rings (SSSR count). The van der Waals surface area contributed by atoms with Crippen LogP contribution in [-0.2, 0) is 13.9 Å². The molecule has 3 nitrogen and oxygen atoms in total. The lowest BCUT2D eigenvalue weighted by Crippen LogP contribution is -1.72. The van der Waals surface area contributed by atoms with Crippen LogP contribution in [-0.4, -0.2) is 6.61 Å². The van der Waals surface area contributed by atoms with Crippen LogP contribution in [0.4, 0.5) is 0 Å². The van der Waals surface area contributed by atoms with Crippen LogP contribution < -0.4 is 0 Å². The molecular weight excluding hydrogens is 115 g/mol. The highest BCUT2D eigenvalue weighted by Gasteiger charge is 2.42. The molecule has 7 heavy (non-hydrogen) atoms. The average molecular weight is 121 g/mol. The summed E-state index contributed by atoms with van der Waals surface area (Å²) < 4.78 is 13.5. The minimum absolute atomic E-state index is 0.522. The lowest BCUT2D eigenvalue weighted by atomic mass is 10.7. The molecule has 0 saturated carbocycles. The van der Waals surface area contributed by atoms with Crippen molar-refractivity contribution in [1.82, 2.24) is 0 Å². The van der Waals surface area contributed by atoms with Gasteiger partial charge in [0.1, 0.15) is 6.61 Å². The molecule has 0 amide bonds. The van der Waals surface area contributed by atoms with Crippen LogP contribution in [0.5, 0.6) is 0 Å². The van der Waals surface area contributed by atoms with E-state index in [0.29, 0.717) is 6.61 Å². The molecule has 0 unspecified atom stereocenters. The van der Waals surface area contributed by atoms with E-state index < -0.39 is 8.60 Å². The highest BCUT2D eigenvalue weighted by molar-refractivity contribution is 7.46. The molecule has 0 aliphatic carbocycles. The average Bonchev–Trinajstić information content (AvgIpc) is 2.42. The molecule has 0 N–H and O–H groups in total. The molecule has 40 valence electrons. The third-order valence-corrected chi connectivity index (χ3v) is 1.18. The Balaban J connectivity index is 1.88. The molecule has 4 heteroatoms. The summed E-state index contributed by atoms with van der Waals surface area (Å²) in [6.07, 6.45) is 1.66. The predicted octanol–water partition coefficient (Wildman–Crippen LogP) is 1.11. The zero-order valence-corrected chi connectivity index (χ0v) is 4.72.